The van der Waals surface area contributed by atoms with Crippen LogP contribution >= 0.6 is 0 Å². The molecule has 86 valence electrons. The summed E-state index contributed by atoms with van der Waals surface area (Å²) < 4.78 is 0. The fourth-order valence-electron chi connectivity index (χ4n) is 3.39. The lowest BCUT2D eigenvalue weighted by atomic mass is 9.80. The Balaban J connectivity index is 1.70. The van der Waals surface area contributed by atoms with Crippen LogP contribution in [0.25, 0.3) is 0 Å². The molecule has 2 unspecified atom stereocenters. The lowest BCUT2D eigenvalue weighted by Crippen LogP contribution is -2.23. The van der Waals surface area contributed by atoms with Crippen LogP contribution in [0, 0.1) is 11.3 Å². The third kappa shape index (κ3) is 1.67. The standard InChI is InChI=1S/C15H21N/c1-2-16-11-14-10-15(14)8-7-12-5-3-4-6-13(12)9-15/h3-6,14,16H,2,7-11H2,1H3. The second kappa shape index (κ2) is 3.89. The summed E-state index contributed by atoms with van der Waals surface area (Å²) in [5.41, 5.74) is 3.89. The number of aryl methyl sites for hydroxylation is 1. The summed E-state index contributed by atoms with van der Waals surface area (Å²) in [6.07, 6.45) is 5.51. The van der Waals surface area contributed by atoms with E-state index < -0.39 is 0 Å². The van der Waals surface area contributed by atoms with Gasteiger partial charge in [0.15, 0.2) is 0 Å². The molecule has 0 amide bonds. The zero-order valence-corrected chi connectivity index (χ0v) is 10.1. The van der Waals surface area contributed by atoms with E-state index in [-0.39, 0.29) is 0 Å². The van der Waals surface area contributed by atoms with E-state index >= 15 is 0 Å². The second-order valence-corrected chi connectivity index (χ2v) is 5.52. The number of nitrogens with one attached hydrogen (secondary N) is 1. The third-order valence-corrected chi connectivity index (χ3v) is 4.55. The first-order chi connectivity index (χ1) is 7.84. The Morgan fingerprint density at radius 3 is 2.94 bits per heavy atom. The van der Waals surface area contributed by atoms with Crippen molar-refractivity contribution in [3.05, 3.63) is 35.4 Å². The molecule has 1 aromatic carbocycles. The average molecular weight is 215 g/mol. The zero-order chi connectivity index (χ0) is 11.0. The van der Waals surface area contributed by atoms with Gasteiger partial charge in [-0.15, -0.1) is 0 Å². The summed E-state index contributed by atoms with van der Waals surface area (Å²) in [5, 5.41) is 3.51. The number of benzene rings is 1. The zero-order valence-electron chi connectivity index (χ0n) is 10.1. The lowest BCUT2D eigenvalue weighted by Gasteiger charge is -2.25. The van der Waals surface area contributed by atoms with Crippen molar-refractivity contribution in [2.45, 2.75) is 32.6 Å². The van der Waals surface area contributed by atoms with E-state index in [2.05, 4.69) is 36.5 Å². The highest BCUT2D eigenvalue weighted by molar-refractivity contribution is 5.33. The topological polar surface area (TPSA) is 12.0 Å². The molecule has 0 radical (unpaired) electrons. The van der Waals surface area contributed by atoms with Gasteiger partial charge in [-0.05, 0) is 61.2 Å². The molecule has 1 aromatic rings. The molecule has 3 rings (SSSR count). The minimum Gasteiger partial charge on any atom is -0.317 e. The highest BCUT2D eigenvalue weighted by atomic mass is 14.9. The molecule has 0 aromatic heterocycles. The van der Waals surface area contributed by atoms with Crippen molar-refractivity contribution in [3.63, 3.8) is 0 Å². The Hall–Kier alpha value is -0.820. The van der Waals surface area contributed by atoms with Crippen molar-refractivity contribution >= 4 is 0 Å². The maximum Gasteiger partial charge on any atom is -0.00150 e. The van der Waals surface area contributed by atoms with E-state index in [1.54, 1.807) is 11.1 Å². The molecule has 0 heterocycles. The van der Waals surface area contributed by atoms with Crippen molar-refractivity contribution < 1.29 is 0 Å². The van der Waals surface area contributed by atoms with Gasteiger partial charge < -0.3 is 5.32 Å². The van der Waals surface area contributed by atoms with E-state index in [4.69, 9.17) is 0 Å². The highest BCUT2D eigenvalue weighted by Crippen LogP contribution is 2.59. The van der Waals surface area contributed by atoms with Crippen molar-refractivity contribution in [3.8, 4) is 0 Å². The highest BCUT2D eigenvalue weighted by Gasteiger charge is 2.53. The van der Waals surface area contributed by atoms with Crippen molar-refractivity contribution in [2.24, 2.45) is 11.3 Å². The maximum absolute atomic E-state index is 3.51. The van der Waals surface area contributed by atoms with Gasteiger partial charge in [0.2, 0.25) is 0 Å². The Labute approximate surface area is 98.3 Å². The van der Waals surface area contributed by atoms with Gasteiger partial charge in [-0.25, -0.2) is 0 Å². The summed E-state index contributed by atoms with van der Waals surface area (Å²) in [4.78, 5) is 0. The molecule has 16 heavy (non-hydrogen) atoms. The first-order valence-electron chi connectivity index (χ1n) is 6.61. The van der Waals surface area contributed by atoms with Crippen LogP contribution in [0.15, 0.2) is 24.3 Å². The number of hydrogen-bond acceptors (Lipinski definition) is 1. The Bertz CT molecular complexity index is 385. The fourth-order valence-corrected chi connectivity index (χ4v) is 3.39. The normalized spacial score (nSPS) is 31.4. The van der Waals surface area contributed by atoms with E-state index in [9.17, 15) is 0 Å². The molecule has 1 saturated carbocycles. The van der Waals surface area contributed by atoms with Crippen LogP contribution in [0.1, 0.15) is 30.9 Å². The molecular formula is C15H21N. The Morgan fingerprint density at radius 1 is 1.31 bits per heavy atom. The van der Waals surface area contributed by atoms with Crippen molar-refractivity contribution in [1.82, 2.24) is 5.32 Å². The van der Waals surface area contributed by atoms with Gasteiger partial charge in [0, 0.05) is 0 Å². The van der Waals surface area contributed by atoms with Gasteiger partial charge in [0.05, 0.1) is 0 Å². The van der Waals surface area contributed by atoms with E-state index in [0.717, 1.165) is 12.5 Å². The van der Waals surface area contributed by atoms with Crippen LogP contribution < -0.4 is 5.32 Å². The molecule has 1 heteroatoms. The SMILES string of the molecule is CCNCC1CC12CCc1ccccc1C2. The van der Waals surface area contributed by atoms with Gasteiger partial charge in [-0.3, -0.25) is 0 Å². The van der Waals surface area contributed by atoms with Gasteiger partial charge in [-0.1, -0.05) is 31.2 Å². The van der Waals surface area contributed by atoms with Gasteiger partial charge >= 0.3 is 0 Å². The predicted molar refractivity (Wildman–Crippen MR) is 67.6 cm³/mol. The molecule has 0 saturated heterocycles. The average Bonchev–Trinajstić information content (AvgIpc) is 2.99. The second-order valence-electron chi connectivity index (χ2n) is 5.52. The minimum absolute atomic E-state index is 0.677. The summed E-state index contributed by atoms with van der Waals surface area (Å²) in [5.74, 6) is 0.945. The molecule has 2 aliphatic rings. The molecule has 2 aliphatic carbocycles. The molecule has 2 atom stereocenters. The van der Waals surface area contributed by atoms with Gasteiger partial charge in [0.1, 0.15) is 0 Å². The maximum atomic E-state index is 3.51. The summed E-state index contributed by atoms with van der Waals surface area (Å²) >= 11 is 0. The molecule has 1 spiro atoms. The summed E-state index contributed by atoms with van der Waals surface area (Å²) in [6, 6.07) is 9.02. The molecule has 0 bridgehead atoms. The lowest BCUT2D eigenvalue weighted by molar-refractivity contribution is 0.386. The monoisotopic (exact) mass is 215 g/mol. The predicted octanol–water partition coefficient (Wildman–Crippen LogP) is 2.79. The largest absolute Gasteiger partial charge is 0.317 e. The first-order valence-corrected chi connectivity index (χ1v) is 6.61. The van der Waals surface area contributed by atoms with Gasteiger partial charge in [-0.2, -0.15) is 0 Å². The van der Waals surface area contributed by atoms with Crippen LogP contribution in [0.5, 0.6) is 0 Å². The smallest absolute Gasteiger partial charge is 0.00150 e. The van der Waals surface area contributed by atoms with Crippen LogP contribution in [-0.4, -0.2) is 13.1 Å². The van der Waals surface area contributed by atoms with Crippen molar-refractivity contribution in [2.75, 3.05) is 13.1 Å². The fraction of sp³-hybridized carbons (Fsp3) is 0.600. The van der Waals surface area contributed by atoms with Crippen LogP contribution in [0.4, 0.5) is 0 Å². The summed E-state index contributed by atoms with van der Waals surface area (Å²) in [6.45, 7) is 4.55. The van der Waals surface area contributed by atoms with E-state index in [0.29, 0.717) is 5.41 Å². The molecular weight excluding hydrogens is 194 g/mol. The third-order valence-electron chi connectivity index (χ3n) is 4.55. The first kappa shape index (κ1) is 10.3. The van der Waals surface area contributed by atoms with E-state index in [1.165, 1.54) is 32.2 Å². The number of fused-ring (bicyclic) bond motifs is 1. The molecule has 1 nitrogen and oxygen atoms in total. The van der Waals surface area contributed by atoms with Crippen LogP contribution in [0.2, 0.25) is 0 Å². The summed E-state index contributed by atoms with van der Waals surface area (Å²) in [7, 11) is 0. The van der Waals surface area contributed by atoms with Crippen LogP contribution in [-0.2, 0) is 12.8 Å². The number of rotatable bonds is 3. The van der Waals surface area contributed by atoms with Gasteiger partial charge in [0.25, 0.3) is 0 Å². The molecule has 1 N–H and O–H groups in total. The Morgan fingerprint density at radius 2 is 2.12 bits per heavy atom. The Kier molecular flexibility index (Phi) is 2.51. The quantitative estimate of drug-likeness (QED) is 0.817. The molecule has 0 aliphatic heterocycles. The van der Waals surface area contributed by atoms with Crippen LogP contribution in [0.3, 0.4) is 0 Å². The number of hydrogen-bond donors (Lipinski definition) is 1. The van der Waals surface area contributed by atoms with Crippen molar-refractivity contribution in [1.29, 1.82) is 0 Å². The molecule has 1 fully saturated rings. The minimum atomic E-state index is 0.677. The van der Waals surface area contributed by atoms with E-state index in [1.807, 2.05) is 0 Å².